The van der Waals surface area contributed by atoms with Gasteiger partial charge in [-0.3, -0.25) is 0 Å². The van der Waals surface area contributed by atoms with Gasteiger partial charge in [0.25, 0.3) is 0 Å². The predicted molar refractivity (Wildman–Crippen MR) is 85.8 cm³/mol. The predicted octanol–water partition coefficient (Wildman–Crippen LogP) is 4.12. The topological polar surface area (TPSA) is 30.5 Å². The maximum atomic E-state index is 5.76. The molecule has 0 saturated carbocycles. The third-order valence-corrected chi connectivity index (χ3v) is 3.62. The zero-order valence-corrected chi connectivity index (χ0v) is 14.8. The Hall–Kier alpha value is -0.100. The van der Waals surface area contributed by atoms with E-state index in [1.165, 1.54) is 5.56 Å². The second-order valence-corrected chi connectivity index (χ2v) is 6.29. The third kappa shape index (κ3) is 6.25. The highest BCUT2D eigenvalue weighted by atomic mass is 79.9. The molecule has 1 N–H and O–H groups in total. The summed E-state index contributed by atoms with van der Waals surface area (Å²) in [6, 6.07) is 4.18. The van der Waals surface area contributed by atoms with E-state index in [2.05, 4.69) is 49.3 Å². The average Bonchev–Trinajstić information content (AvgIpc) is 2.33. The standard InChI is InChI=1S/C14H21Br2NO2/c1-10(2)19-14-12(15)7-11(8-13(14)16)9-17-5-4-6-18-3/h7-8,10,17H,4-6,9H2,1-3H3. The number of rotatable bonds is 8. The largest absolute Gasteiger partial charge is 0.489 e. The van der Waals surface area contributed by atoms with Gasteiger partial charge in [-0.15, -0.1) is 0 Å². The highest BCUT2D eigenvalue weighted by Crippen LogP contribution is 2.35. The van der Waals surface area contributed by atoms with Crippen LogP contribution in [0.5, 0.6) is 5.75 Å². The molecule has 19 heavy (non-hydrogen) atoms. The Labute approximate surface area is 132 Å². The summed E-state index contributed by atoms with van der Waals surface area (Å²) in [4.78, 5) is 0. The summed E-state index contributed by atoms with van der Waals surface area (Å²) in [5, 5.41) is 3.39. The molecule has 108 valence electrons. The van der Waals surface area contributed by atoms with Gasteiger partial charge in [0.2, 0.25) is 0 Å². The lowest BCUT2D eigenvalue weighted by atomic mass is 10.2. The molecule has 0 radical (unpaired) electrons. The van der Waals surface area contributed by atoms with E-state index in [9.17, 15) is 0 Å². The first-order valence-corrected chi connectivity index (χ1v) is 7.97. The molecule has 0 aromatic heterocycles. The van der Waals surface area contributed by atoms with Crippen molar-refractivity contribution in [2.24, 2.45) is 0 Å². The van der Waals surface area contributed by atoms with Crippen molar-refractivity contribution in [3.63, 3.8) is 0 Å². The number of ether oxygens (including phenoxy) is 2. The van der Waals surface area contributed by atoms with E-state index in [4.69, 9.17) is 9.47 Å². The molecule has 0 bridgehead atoms. The highest BCUT2D eigenvalue weighted by Gasteiger charge is 2.10. The second kappa shape index (κ2) is 8.95. The zero-order chi connectivity index (χ0) is 14.3. The van der Waals surface area contributed by atoms with Crippen molar-refractivity contribution in [1.82, 2.24) is 5.32 Å². The van der Waals surface area contributed by atoms with Crippen LogP contribution in [0.25, 0.3) is 0 Å². The summed E-state index contributed by atoms with van der Waals surface area (Å²) in [5.41, 5.74) is 1.22. The lowest BCUT2D eigenvalue weighted by Gasteiger charge is -2.15. The number of halogens is 2. The fraction of sp³-hybridized carbons (Fsp3) is 0.571. The summed E-state index contributed by atoms with van der Waals surface area (Å²) >= 11 is 7.12. The van der Waals surface area contributed by atoms with Gasteiger partial charge in [0.15, 0.2) is 0 Å². The van der Waals surface area contributed by atoms with Crippen LogP contribution >= 0.6 is 31.9 Å². The van der Waals surface area contributed by atoms with Crippen LogP contribution in [0.15, 0.2) is 21.1 Å². The summed E-state index contributed by atoms with van der Waals surface area (Å²) in [6.45, 7) is 6.62. The van der Waals surface area contributed by atoms with Crippen molar-refractivity contribution in [3.05, 3.63) is 26.6 Å². The van der Waals surface area contributed by atoms with Crippen molar-refractivity contribution in [1.29, 1.82) is 0 Å². The Morgan fingerprint density at radius 1 is 1.21 bits per heavy atom. The lowest BCUT2D eigenvalue weighted by Crippen LogP contribution is -2.16. The van der Waals surface area contributed by atoms with Crippen molar-refractivity contribution < 1.29 is 9.47 Å². The molecule has 0 atom stereocenters. The Morgan fingerprint density at radius 3 is 2.37 bits per heavy atom. The second-order valence-electron chi connectivity index (χ2n) is 4.58. The summed E-state index contributed by atoms with van der Waals surface area (Å²) in [5.74, 6) is 0.859. The number of benzene rings is 1. The maximum absolute atomic E-state index is 5.76. The molecule has 0 aliphatic heterocycles. The monoisotopic (exact) mass is 393 g/mol. The molecule has 0 amide bonds. The van der Waals surface area contributed by atoms with Crippen LogP contribution in [-0.2, 0) is 11.3 Å². The van der Waals surface area contributed by atoms with Gasteiger partial charge in [-0.1, -0.05) is 0 Å². The van der Waals surface area contributed by atoms with Crippen molar-refractivity contribution >= 4 is 31.9 Å². The van der Waals surface area contributed by atoms with Crippen LogP contribution in [0.2, 0.25) is 0 Å². The Morgan fingerprint density at radius 2 is 1.84 bits per heavy atom. The first kappa shape index (κ1) is 17.0. The van der Waals surface area contributed by atoms with Gasteiger partial charge in [0.05, 0.1) is 15.0 Å². The van der Waals surface area contributed by atoms with Crippen molar-refractivity contribution in [2.45, 2.75) is 32.9 Å². The van der Waals surface area contributed by atoms with Crippen molar-refractivity contribution in [3.8, 4) is 5.75 Å². The molecule has 3 nitrogen and oxygen atoms in total. The summed E-state index contributed by atoms with van der Waals surface area (Å²) in [6.07, 6.45) is 1.18. The molecular weight excluding hydrogens is 374 g/mol. The molecule has 1 rings (SSSR count). The van der Waals surface area contributed by atoms with Gasteiger partial charge in [-0.2, -0.15) is 0 Å². The molecule has 5 heteroatoms. The van der Waals surface area contributed by atoms with Crippen LogP contribution in [0.4, 0.5) is 0 Å². The van der Waals surface area contributed by atoms with Gasteiger partial charge in [-0.25, -0.2) is 0 Å². The highest BCUT2D eigenvalue weighted by molar-refractivity contribution is 9.11. The van der Waals surface area contributed by atoms with E-state index < -0.39 is 0 Å². The molecule has 0 heterocycles. The molecule has 0 aliphatic carbocycles. The van der Waals surface area contributed by atoms with E-state index in [-0.39, 0.29) is 6.10 Å². The van der Waals surface area contributed by atoms with E-state index in [0.29, 0.717) is 0 Å². The van der Waals surface area contributed by atoms with Gasteiger partial charge >= 0.3 is 0 Å². The Balaban J connectivity index is 2.57. The maximum Gasteiger partial charge on any atom is 0.148 e. The first-order chi connectivity index (χ1) is 9.04. The first-order valence-electron chi connectivity index (χ1n) is 6.38. The number of methoxy groups -OCH3 is 1. The van der Waals surface area contributed by atoms with Gasteiger partial charge < -0.3 is 14.8 Å². The van der Waals surface area contributed by atoms with Crippen LogP contribution in [-0.4, -0.2) is 26.4 Å². The summed E-state index contributed by atoms with van der Waals surface area (Å²) in [7, 11) is 1.72. The normalized spacial score (nSPS) is 11.1. The fourth-order valence-electron chi connectivity index (χ4n) is 1.64. The molecule has 0 aliphatic rings. The number of hydrogen-bond acceptors (Lipinski definition) is 3. The lowest BCUT2D eigenvalue weighted by molar-refractivity contribution is 0.194. The minimum Gasteiger partial charge on any atom is -0.489 e. The Bertz CT molecular complexity index is 374. The fourth-order valence-corrected chi connectivity index (χ4v) is 3.11. The quantitative estimate of drug-likeness (QED) is 0.672. The van der Waals surface area contributed by atoms with E-state index in [1.807, 2.05) is 13.8 Å². The molecule has 0 saturated heterocycles. The van der Waals surface area contributed by atoms with E-state index >= 15 is 0 Å². The van der Waals surface area contributed by atoms with E-state index in [0.717, 1.165) is 40.8 Å². The molecular formula is C14H21Br2NO2. The molecule has 0 unspecified atom stereocenters. The minimum atomic E-state index is 0.158. The number of nitrogens with one attached hydrogen (secondary N) is 1. The molecule has 0 fully saturated rings. The number of hydrogen-bond donors (Lipinski definition) is 1. The summed E-state index contributed by atoms with van der Waals surface area (Å²) < 4.78 is 12.7. The molecule has 1 aromatic carbocycles. The zero-order valence-electron chi connectivity index (χ0n) is 11.6. The van der Waals surface area contributed by atoms with Crippen LogP contribution in [0.1, 0.15) is 25.8 Å². The minimum absolute atomic E-state index is 0.158. The van der Waals surface area contributed by atoms with Crippen molar-refractivity contribution in [2.75, 3.05) is 20.3 Å². The van der Waals surface area contributed by atoms with Gasteiger partial charge in [0, 0.05) is 20.3 Å². The SMILES string of the molecule is COCCCNCc1cc(Br)c(OC(C)C)c(Br)c1. The van der Waals surface area contributed by atoms with Crippen LogP contribution < -0.4 is 10.1 Å². The van der Waals surface area contributed by atoms with E-state index in [1.54, 1.807) is 7.11 Å². The molecule has 1 aromatic rings. The third-order valence-electron chi connectivity index (χ3n) is 2.44. The average molecular weight is 395 g/mol. The van der Waals surface area contributed by atoms with Gasteiger partial charge in [-0.05, 0) is 76.4 Å². The molecule has 0 spiro atoms. The van der Waals surface area contributed by atoms with Crippen LogP contribution in [0.3, 0.4) is 0 Å². The van der Waals surface area contributed by atoms with Gasteiger partial charge in [0.1, 0.15) is 5.75 Å². The Kier molecular flexibility index (Phi) is 7.99. The van der Waals surface area contributed by atoms with Crippen LogP contribution in [0, 0.1) is 0 Å². The smallest absolute Gasteiger partial charge is 0.148 e.